The van der Waals surface area contributed by atoms with Crippen LogP contribution in [0.5, 0.6) is 5.88 Å². The molecule has 0 aliphatic heterocycles. The smallest absolute Gasteiger partial charge is 0.416 e. The largest absolute Gasteiger partial charge is 0.481 e. The number of halogens is 6. The summed E-state index contributed by atoms with van der Waals surface area (Å²) in [5, 5.41) is 3.93. The molecule has 0 spiro atoms. The summed E-state index contributed by atoms with van der Waals surface area (Å²) in [4.78, 5) is 20.5. The minimum Gasteiger partial charge on any atom is -0.481 e. The number of pyridine rings is 1. The predicted molar refractivity (Wildman–Crippen MR) is 112 cm³/mol. The van der Waals surface area contributed by atoms with Crippen molar-refractivity contribution in [1.29, 1.82) is 0 Å². The number of ether oxygens (including phenoxy) is 2. The summed E-state index contributed by atoms with van der Waals surface area (Å²) in [5.41, 5.74) is -3.24. The van der Waals surface area contributed by atoms with E-state index in [9.17, 15) is 31.1 Å². The van der Waals surface area contributed by atoms with Crippen LogP contribution in [0.15, 0.2) is 42.9 Å². The van der Waals surface area contributed by atoms with Crippen LogP contribution in [0.2, 0.25) is 0 Å². The second kappa shape index (κ2) is 9.76. The number of carbonyl (C=O) groups excluding carboxylic acids is 1. The van der Waals surface area contributed by atoms with Crippen molar-refractivity contribution in [3.8, 4) is 17.3 Å². The Hall–Kier alpha value is -3.90. The van der Waals surface area contributed by atoms with Crippen molar-refractivity contribution in [2.75, 3.05) is 7.11 Å². The lowest BCUT2D eigenvalue weighted by Crippen LogP contribution is -2.14. The van der Waals surface area contributed by atoms with Gasteiger partial charge in [0, 0.05) is 29.6 Å². The van der Waals surface area contributed by atoms with Gasteiger partial charge in [-0.3, -0.25) is 0 Å². The molecule has 7 nitrogen and oxygen atoms in total. The Bertz CT molecular complexity index is 1200. The van der Waals surface area contributed by atoms with Gasteiger partial charge in [-0.15, -0.1) is 5.10 Å². The molecule has 0 saturated carbocycles. The van der Waals surface area contributed by atoms with Gasteiger partial charge in [-0.2, -0.15) is 26.3 Å². The molecule has 0 atom stereocenters. The number of hydrogen-bond acceptors (Lipinski definition) is 6. The Labute approximate surface area is 195 Å². The van der Waals surface area contributed by atoms with E-state index in [1.165, 1.54) is 31.6 Å². The molecule has 3 rings (SSSR count). The lowest BCUT2D eigenvalue weighted by atomic mass is 10.0. The van der Waals surface area contributed by atoms with E-state index in [2.05, 4.69) is 15.1 Å². The van der Waals surface area contributed by atoms with Crippen molar-refractivity contribution in [3.05, 3.63) is 59.5 Å². The first-order chi connectivity index (χ1) is 16.3. The normalized spacial score (nSPS) is 12.7. The first kappa shape index (κ1) is 25.7. The van der Waals surface area contributed by atoms with Crippen molar-refractivity contribution >= 4 is 17.7 Å². The number of methoxy groups -OCH3 is 1. The van der Waals surface area contributed by atoms with E-state index in [0.717, 1.165) is 11.0 Å². The van der Waals surface area contributed by atoms with Crippen LogP contribution in [0.4, 0.5) is 26.3 Å². The molecule has 0 radical (unpaired) electrons. The van der Waals surface area contributed by atoms with Gasteiger partial charge >= 0.3 is 18.3 Å². The third-order valence-corrected chi connectivity index (χ3v) is 4.43. The monoisotopic (exact) mass is 500 g/mol. The highest BCUT2D eigenvalue weighted by atomic mass is 19.4. The van der Waals surface area contributed by atoms with Gasteiger partial charge in [0.05, 0.1) is 29.9 Å². The molecule has 0 unspecified atom stereocenters. The average Bonchev–Trinajstić information content (AvgIpc) is 3.24. The molecule has 0 N–H and O–H groups in total. The summed E-state index contributed by atoms with van der Waals surface area (Å²) in [6, 6.07) is 4.04. The second-order valence-corrected chi connectivity index (χ2v) is 7.43. The van der Waals surface area contributed by atoms with E-state index in [0.29, 0.717) is 17.7 Å². The number of esters is 1. The van der Waals surface area contributed by atoms with E-state index in [1.807, 2.05) is 0 Å². The topological polar surface area (TPSA) is 79.1 Å². The Morgan fingerprint density at radius 3 is 2.11 bits per heavy atom. The zero-order valence-electron chi connectivity index (χ0n) is 18.5. The number of nitrogens with zero attached hydrogens (tertiary/aromatic N) is 4. The Balaban J connectivity index is 2.07. The summed E-state index contributed by atoms with van der Waals surface area (Å²) < 4.78 is 90.2. The number of carbonyl (C=O) groups is 1. The van der Waals surface area contributed by atoms with E-state index < -0.39 is 46.9 Å². The van der Waals surface area contributed by atoms with Gasteiger partial charge in [-0.1, -0.05) is 0 Å². The molecule has 0 amide bonds. The predicted octanol–water partition coefficient (Wildman–Crippen LogP) is 5.34. The molecule has 0 fully saturated rings. The van der Waals surface area contributed by atoms with Crippen LogP contribution in [-0.2, 0) is 21.9 Å². The van der Waals surface area contributed by atoms with E-state index in [-0.39, 0.29) is 17.5 Å². The number of alkyl halides is 6. The summed E-state index contributed by atoms with van der Waals surface area (Å²) in [7, 11) is 1.40. The van der Waals surface area contributed by atoms with Gasteiger partial charge < -0.3 is 9.47 Å². The van der Waals surface area contributed by atoms with Crippen molar-refractivity contribution in [3.63, 3.8) is 0 Å². The van der Waals surface area contributed by atoms with E-state index in [4.69, 9.17) is 9.47 Å². The number of benzene rings is 1. The molecule has 0 aliphatic carbocycles. The van der Waals surface area contributed by atoms with E-state index >= 15 is 0 Å². The zero-order valence-corrected chi connectivity index (χ0v) is 18.5. The third-order valence-electron chi connectivity index (χ3n) is 4.43. The molecular weight excluding hydrogens is 482 g/mol. The molecule has 1 aromatic carbocycles. The lowest BCUT2D eigenvalue weighted by molar-refractivity contribution is -0.143. The van der Waals surface area contributed by atoms with Crippen LogP contribution in [0.1, 0.15) is 30.5 Å². The fourth-order valence-electron chi connectivity index (χ4n) is 2.87. The van der Waals surface area contributed by atoms with Crippen LogP contribution in [-0.4, -0.2) is 38.9 Å². The fraction of sp³-hybridized carbons (Fsp3) is 0.273. The van der Waals surface area contributed by atoms with Crippen molar-refractivity contribution in [2.24, 2.45) is 0 Å². The van der Waals surface area contributed by atoms with Crippen LogP contribution in [0.25, 0.3) is 23.2 Å². The number of aromatic nitrogens is 4. The maximum atomic E-state index is 13.2. The van der Waals surface area contributed by atoms with Gasteiger partial charge in [0.2, 0.25) is 5.88 Å². The third kappa shape index (κ3) is 6.37. The summed E-state index contributed by atoms with van der Waals surface area (Å²) >= 11 is 0. The van der Waals surface area contributed by atoms with Crippen LogP contribution in [0, 0.1) is 0 Å². The van der Waals surface area contributed by atoms with Crippen LogP contribution >= 0.6 is 0 Å². The lowest BCUT2D eigenvalue weighted by Gasteiger charge is -2.13. The second-order valence-electron chi connectivity index (χ2n) is 7.43. The molecule has 3 aromatic rings. The van der Waals surface area contributed by atoms with Gasteiger partial charge in [0.25, 0.3) is 0 Å². The molecular formula is C22H18F6N4O3. The first-order valence-electron chi connectivity index (χ1n) is 9.92. The number of hydrogen-bond donors (Lipinski definition) is 0. The van der Waals surface area contributed by atoms with Gasteiger partial charge in [-0.25, -0.2) is 19.4 Å². The Kier molecular flexibility index (Phi) is 7.17. The molecule has 2 aromatic heterocycles. The van der Waals surface area contributed by atoms with Crippen LogP contribution in [0.3, 0.4) is 0 Å². The van der Waals surface area contributed by atoms with Gasteiger partial charge in [0.1, 0.15) is 6.33 Å². The Morgan fingerprint density at radius 2 is 1.63 bits per heavy atom. The minimum absolute atomic E-state index is 0.0110. The Morgan fingerprint density at radius 1 is 1.00 bits per heavy atom. The highest BCUT2D eigenvalue weighted by Crippen LogP contribution is 2.38. The minimum atomic E-state index is -5.02. The maximum absolute atomic E-state index is 13.2. The zero-order chi connectivity index (χ0) is 26.0. The molecule has 0 saturated heterocycles. The van der Waals surface area contributed by atoms with E-state index in [1.54, 1.807) is 13.8 Å². The highest BCUT2D eigenvalue weighted by molar-refractivity contribution is 6.20. The maximum Gasteiger partial charge on any atom is 0.416 e. The summed E-state index contributed by atoms with van der Waals surface area (Å²) in [6.45, 7) is 3.25. The van der Waals surface area contributed by atoms with Gasteiger partial charge in [0.15, 0.2) is 5.82 Å². The summed E-state index contributed by atoms with van der Waals surface area (Å²) in [6.07, 6.45) is -6.99. The van der Waals surface area contributed by atoms with Crippen molar-refractivity contribution in [1.82, 2.24) is 19.7 Å². The summed E-state index contributed by atoms with van der Waals surface area (Å²) in [5.74, 6) is -0.900. The van der Waals surface area contributed by atoms with Gasteiger partial charge in [-0.05, 0) is 38.1 Å². The quantitative estimate of drug-likeness (QED) is 0.259. The average molecular weight is 500 g/mol. The highest BCUT2D eigenvalue weighted by Gasteiger charge is 2.37. The van der Waals surface area contributed by atoms with Crippen molar-refractivity contribution < 1.29 is 40.6 Å². The first-order valence-corrected chi connectivity index (χ1v) is 9.92. The molecule has 35 heavy (non-hydrogen) atoms. The fourth-order valence-corrected chi connectivity index (χ4v) is 2.87. The standard InChI is InChI=1S/C22H18F6N4O3/c1-12(2)35-20(33)17(13-4-5-18(34-3)29-9-13)10-32-11-30-19(31-32)14-6-15(21(23,24)25)8-16(7-14)22(26,27)28/h4-12H,1-3H3. The molecule has 0 bridgehead atoms. The molecule has 13 heteroatoms. The van der Waals surface area contributed by atoms with Crippen molar-refractivity contribution in [2.45, 2.75) is 32.3 Å². The SMILES string of the molecule is COc1ccc(C(=Cn2cnc(-c3cc(C(F)(F)F)cc(C(F)(F)F)c3)n2)C(=O)OC(C)C)cn1. The molecule has 186 valence electrons. The molecule has 2 heterocycles. The number of rotatable bonds is 6. The molecule has 0 aliphatic rings. The van der Waals surface area contributed by atoms with Crippen LogP contribution < -0.4 is 4.74 Å².